The van der Waals surface area contributed by atoms with Crippen LogP contribution in [0.4, 0.5) is 5.69 Å². The summed E-state index contributed by atoms with van der Waals surface area (Å²) in [7, 11) is 0. The average Bonchev–Trinajstić information content (AvgIpc) is 2.77. The van der Waals surface area contributed by atoms with Crippen LogP contribution >= 0.6 is 0 Å². The lowest BCUT2D eigenvalue weighted by molar-refractivity contribution is -0.129. The van der Waals surface area contributed by atoms with E-state index in [1.807, 2.05) is 42.5 Å². The molecule has 1 aliphatic rings. The van der Waals surface area contributed by atoms with Gasteiger partial charge in [-0.25, -0.2) is 0 Å². The summed E-state index contributed by atoms with van der Waals surface area (Å²) in [6, 6.07) is 17.1. The topological polar surface area (TPSA) is 78.5 Å². The van der Waals surface area contributed by atoms with Gasteiger partial charge in [-0.1, -0.05) is 30.3 Å². The van der Waals surface area contributed by atoms with E-state index in [2.05, 4.69) is 15.5 Å². The fourth-order valence-electron chi connectivity index (χ4n) is 3.33. The van der Waals surface area contributed by atoms with E-state index in [1.165, 1.54) is 0 Å². The number of hydrogen-bond acceptors (Lipinski definition) is 4. The van der Waals surface area contributed by atoms with Gasteiger partial charge >= 0.3 is 0 Å². The third kappa shape index (κ3) is 5.42. The van der Waals surface area contributed by atoms with Gasteiger partial charge < -0.3 is 15.5 Å². The Bertz CT molecular complexity index is 798. The third-order valence-corrected chi connectivity index (χ3v) is 5.02. The Morgan fingerprint density at radius 1 is 0.964 bits per heavy atom. The first-order valence-electron chi connectivity index (χ1n) is 9.54. The second kappa shape index (κ2) is 9.69. The molecule has 0 radical (unpaired) electrons. The van der Waals surface area contributed by atoms with Gasteiger partial charge in [0.2, 0.25) is 11.8 Å². The molecule has 0 atom stereocenters. The minimum atomic E-state index is -0.190. The summed E-state index contributed by atoms with van der Waals surface area (Å²) in [6.07, 6.45) is 2.32. The van der Waals surface area contributed by atoms with Crippen molar-refractivity contribution < 1.29 is 14.4 Å². The fraction of sp³-hybridized carbons (Fsp3) is 0.318. The summed E-state index contributed by atoms with van der Waals surface area (Å²) in [6.45, 7) is 2.01. The van der Waals surface area contributed by atoms with E-state index in [0.29, 0.717) is 12.1 Å². The zero-order valence-corrected chi connectivity index (χ0v) is 15.8. The number of amides is 2. The molecule has 0 unspecified atom stereocenters. The van der Waals surface area contributed by atoms with Gasteiger partial charge in [-0.05, 0) is 42.7 Å². The molecule has 0 aromatic heterocycles. The molecule has 1 fully saturated rings. The van der Waals surface area contributed by atoms with E-state index in [-0.39, 0.29) is 24.3 Å². The first-order valence-corrected chi connectivity index (χ1v) is 9.54. The molecule has 2 aromatic rings. The van der Waals surface area contributed by atoms with E-state index in [4.69, 9.17) is 0 Å². The second-order valence-electron chi connectivity index (χ2n) is 6.95. The molecule has 0 saturated carbocycles. The number of hydrogen-bond donors (Lipinski definition) is 2. The van der Waals surface area contributed by atoms with Crippen LogP contribution in [0.1, 0.15) is 28.8 Å². The van der Waals surface area contributed by atoms with Crippen molar-refractivity contribution in [3.63, 3.8) is 0 Å². The molecule has 28 heavy (non-hydrogen) atoms. The Kier molecular flexibility index (Phi) is 6.78. The van der Waals surface area contributed by atoms with Crippen molar-refractivity contribution in [2.45, 2.75) is 19.4 Å². The van der Waals surface area contributed by atoms with Crippen LogP contribution < -0.4 is 15.5 Å². The van der Waals surface area contributed by atoms with Crippen LogP contribution in [0, 0.1) is 5.92 Å². The standard InChI is InChI=1S/C22H25N3O3/c26-16-18-6-8-20(9-7-18)25-12-10-19(11-13-25)22(28)24-15-21(27)23-14-17-4-2-1-3-5-17/h1-9,16,19H,10-15H2,(H,23,27)(H,24,28). The molecular formula is C22H25N3O3. The highest BCUT2D eigenvalue weighted by atomic mass is 16.2. The van der Waals surface area contributed by atoms with Crippen LogP contribution in [0.15, 0.2) is 54.6 Å². The van der Waals surface area contributed by atoms with Gasteiger partial charge in [-0.15, -0.1) is 0 Å². The molecule has 2 N–H and O–H groups in total. The van der Waals surface area contributed by atoms with Gasteiger partial charge in [0.1, 0.15) is 6.29 Å². The van der Waals surface area contributed by atoms with Crippen molar-refractivity contribution in [1.82, 2.24) is 10.6 Å². The number of anilines is 1. The van der Waals surface area contributed by atoms with Crippen LogP contribution in [-0.4, -0.2) is 37.7 Å². The lowest BCUT2D eigenvalue weighted by Crippen LogP contribution is -2.43. The number of piperidine rings is 1. The summed E-state index contributed by atoms with van der Waals surface area (Å²) in [5.74, 6) is -0.330. The number of rotatable bonds is 7. The van der Waals surface area contributed by atoms with Crippen LogP contribution in [-0.2, 0) is 16.1 Å². The maximum atomic E-state index is 12.4. The smallest absolute Gasteiger partial charge is 0.239 e. The van der Waals surface area contributed by atoms with Gasteiger partial charge in [-0.3, -0.25) is 14.4 Å². The van der Waals surface area contributed by atoms with Crippen LogP contribution in [0.3, 0.4) is 0 Å². The van der Waals surface area contributed by atoms with Crippen LogP contribution in [0.25, 0.3) is 0 Å². The molecule has 0 aliphatic carbocycles. The predicted octanol–water partition coefficient (Wildman–Crippen LogP) is 2.15. The minimum absolute atomic E-state index is 0.000954. The maximum Gasteiger partial charge on any atom is 0.239 e. The van der Waals surface area contributed by atoms with Gasteiger partial charge in [-0.2, -0.15) is 0 Å². The quantitative estimate of drug-likeness (QED) is 0.723. The summed E-state index contributed by atoms with van der Waals surface area (Å²) >= 11 is 0. The number of nitrogens with zero attached hydrogens (tertiary/aromatic N) is 1. The molecule has 1 saturated heterocycles. The number of aldehydes is 1. The molecule has 3 rings (SSSR count). The van der Waals surface area contributed by atoms with E-state index >= 15 is 0 Å². The normalized spacial score (nSPS) is 14.4. The number of carbonyl (C=O) groups excluding carboxylic acids is 3. The van der Waals surface area contributed by atoms with Crippen LogP contribution in [0.2, 0.25) is 0 Å². The van der Waals surface area contributed by atoms with Crippen LogP contribution in [0.5, 0.6) is 0 Å². The lowest BCUT2D eigenvalue weighted by atomic mass is 9.95. The molecule has 2 aromatic carbocycles. The Hall–Kier alpha value is -3.15. The fourth-order valence-corrected chi connectivity index (χ4v) is 3.33. The Morgan fingerprint density at radius 2 is 1.64 bits per heavy atom. The highest BCUT2D eigenvalue weighted by Gasteiger charge is 2.25. The first-order chi connectivity index (χ1) is 13.7. The lowest BCUT2D eigenvalue weighted by Gasteiger charge is -2.33. The van der Waals surface area contributed by atoms with Crippen molar-refractivity contribution >= 4 is 23.8 Å². The zero-order chi connectivity index (χ0) is 19.8. The average molecular weight is 379 g/mol. The highest BCUT2D eigenvalue weighted by Crippen LogP contribution is 2.23. The molecule has 6 heteroatoms. The first kappa shape index (κ1) is 19.6. The Balaban J connectivity index is 1.38. The van der Waals surface area contributed by atoms with Crippen molar-refractivity contribution in [3.05, 3.63) is 65.7 Å². The molecule has 0 bridgehead atoms. The van der Waals surface area contributed by atoms with Crippen molar-refractivity contribution in [2.24, 2.45) is 5.92 Å². The maximum absolute atomic E-state index is 12.4. The molecule has 1 aliphatic heterocycles. The highest BCUT2D eigenvalue weighted by molar-refractivity contribution is 5.86. The predicted molar refractivity (Wildman–Crippen MR) is 108 cm³/mol. The number of nitrogens with one attached hydrogen (secondary N) is 2. The second-order valence-corrected chi connectivity index (χ2v) is 6.95. The van der Waals surface area contributed by atoms with E-state index in [9.17, 15) is 14.4 Å². The summed E-state index contributed by atoms with van der Waals surface area (Å²) in [5.41, 5.74) is 2.74. The number of benzene rings is 2. The molecule has 146 valence electrons. The van der Waals surface area contributed by atoms with E-state index in [0.717, 1.165) is 43.5 Å². The van der Waals surface area contributed by atoms with E-state index < -0.39 is 0 Å². The summed E-state index contributed by atoms with van der Waals surface area (Å²) < 4.78 is 0. The third-order valence-electron chi connectivity index (χ3n) is 5.02. The minimum Gasteiger partial charge on any atom is -0.371 e. The zero-order valence-electron chi connectivity index (χ0n) is 15.8. The summed E-state index contributed by atoms with van der Waals surface area (Å²) in [5, 5.41) is 5.56. The van der Waals surface area contributed by atoms with Gasteiger partial charge in [0.25, 0.3) is 0 Å². The Morgan fingerprint density at radius 3 is 2.29 bits per heavy atom. The van der Waals surface area contributed by atoms with Crippen molar-refractivity contribution in [3.8, 4) is 0 Å². The largest absolute Gasteiger partial charge is 0.371 e. The van der Waals surface area contributed by atoms with E-state index in [1.54, 1.807) is 12.1 Å². The van der Waals surface area contributed by atoms with Gasteiger partial charge in [0, 0.05) is 36.8 Å². The molecule has 6 nitrogen and oxygen atoms in total. The summed E-state index contributed by atoms with van der Waals surface area (Å²) in [4.78, 5) is 37.3. The molecule has 1 heterocycles. The Labute approximate surface area is 164 Å². The number of carbonyl (C=O) groups is 3. The monoisotopic (exact) mass is 379 g/mol. The van der Waals surface area contributed by atoms with Crippen molar-refractivity contribution in [2.75, 3.05) is 24.5 Å². The molecule has 2 amide bonds. The molecule has 0 spiro atoms. The van der Waals surface area contributed by atoms with Crippen molar-refractivity contribution in [1.29, 1.82) is 0 Å². The SMILES string of the molecule is O=Cc1ccc(N2CCC(C(=O)NCC(=O)NCc3ccccc3)CC2)cc1. The van der Waals surface area contributed by atoms with Gasteiger partial charge in [0.05, 0.1) is 6.54 Å². The van der Waals surface area contributed by atoms with Gasteiger partial charge in [0.15, 0.2) is 0 Å². The molecular weight excluding hydrogens is 354 g/mol.